The summed E-state index contributed by atoms with van der Waals surface area (Å²) in [6, 6.07) is 7.37. The zero-order valence-corrected chi connectivity index (χ0v) is 22.6. The Balaban J connectivity index is 1.49. The Kier molecular flexibility index (Phi) is 7.96. The van der Waals surface area contributed by atoms with E-state index in [1.165, 1.54) is 53.6 Å². The molecule has 5 rings (SSSR count). The number of halogens is 1. The summed E-state index contributed by atoms with van der Waals surface area (Å²) in [4.78, 5) is 28.6. The van der Waals surface area contributed by atoms with E-state index in [0.29, 0.717) is 17.3 Å². The largest absolute Gasteiger partial charge is 0.504 e. The van der Waals surface area contributed by atoms with Gasteiger partial charge in [-0.15, -0.1) is 0 Å². The van der Waals surface area contributed by atoms with Crippen molar-refractivity contribution in [2.75, 3.05) is 49.4 Å². The number of nitrogens with one attached hydrogen (secondary N) is 2. The fraction of sp³-hybridized carbons (Fsp3) is 0.269. The van der Waals surface area contributed by atoms with E-state index in [0.717, 1.165) is 38.8 Å². The van der Waals surface area contributed by atoms with Gasteiger partial charge in [-0.2, -0.15) is 5.26 Å². The van der Waals surface area contributed by atoms with Crippen LogP contribution < -0.4 is 25.2 Å². The maximum atomic E-state index is 14.8. The quantitative estimate of drug-likeness (QED) is 0.271. The zero-order chi connectivity index (χ0) is 28.2. The molecule has 14 heteroatoms. The number of nitrogens with zero attached hydrogens (tertiary/aromatic N) is 7. The molecule has 0 bridgehead atoms. The van der Waals surface area contributed by atoms with E-state index in [1.54, 1.807) is 0 Å². The second-order valence-corrected chi connectivity index (χ2v) is 9.86. The van der Waals surface area contributed by atoms with Crippen LogP contribution in [-0.2, 0) is 0 Å². The molecular formula is C26H26FN9O3S. The first-order chi connectivity index (χ1) is 19.4. The van der Waals surface area contributed by atoms with Crippen molar-refractivity contribution >= 4 is 34.7 Å². The molecule has 206 valence electrons. The van der Waals surface area contributed by atoms with Crippen molar-refractivity contribution in [1.29, 1.82) is 5.26 Å². The lowest BCUT2D eigenvalue weighted by Crippen LogP contribution is -2.44. The van der Waals surface area contributed by atoms with Gasteiger partial charge >= 0.3 is 0 Å². The highest BCUT2D eigenvalue weighted by Gasteiger charge is 2.21. The van der Waals surface area contributed by atoms with Crippen molar-refractivity contribution in [3.05, 3.63) is 64.7 Å². The fourth-order valence-corrected chi connectivity index (χ4v) is 4.61. The summed E-state index contributed by atoms with van der Waals surface area (Å²) in [7, 11) is 1.85. The lowest BCUT2D eigenvalue weighted by atomic mass is 10.1. The molecule has 0 aliphatic carbocycles. The molecule has 0 unspecified atom stereocenters. The highest BCUT2D eigenvalue weighted by Crippen LogP contribution is 2.39. The lowest BCUT2D eigenvalue weighted by molar-refractivity contribution is 0.398. The predicted octanol–water partition coefficient (Wildman–Crippen LogP) is 3.02. The molecule has 3 N–H and O–H groups in total. The smallest absolute Gasteiger partial charge is 0.269 e. The second kappa shape index (κ2) is 11.7. The normalized spacial score (nSPS) is 13.4. The summed E-state index contributed by atoms with van der Waals surface area (Å²) in [5.41, 5.74) is 0.205. The first kappa shape index (κ1) is 27.1. The number of fused-ring (bicyclic) bond motifs is 1. The summed E-state index contributed by atoms with van der Waals surface area (Å²) in [6.07, 6.45) is 4.34. The van der Waals surface area contributed by atoms with Gasteiger partial charge in [-0.25, -0.2) is 23.6 Å². The summed E-state index contributed by atoms with van der Waals surface area (Å²) in [5, 5.41) is 24.0. The van der Waals surface area contributed by atoms with Crippen LogP contribution in [0.3, 0.4) is 0 Å². The number of hydrogen-bond acceptors (Lipinski definition) is 12. The van der Waals surface area contributed by atoms with E-state index in [9.17, 15) is 19.6 Å². The topological polar surface area (TPSA) is 144 Å². The minimum Gasteiger partial charge on any atom is -0.504 e. The molecule has 3 heterocycles. The van der Waals surface area contributed by atoms with Crippen LogP contribution in [0.1, 0.15) is 12.5 Å². The molecule has 1 aliphatic rings. The Hall–Kier alpha value is -4.45. The zero-order valence-electron chi connectivity index (χ0n) is 21.8. The number of nitriles is 1. The predicted molar refractivity (Wildman–Crippen MR) is 150 cm³/mol. The molecule has 0 amide bonds. The maximum absolute atomic E-state index is 14.8. The van der Waals surface area contributed by atoms with Crippen LogP contribution in [0.15, 0.2) is 47.8 Å². The summed E-state index contributed by atoms with van der Waals surface area (Å²) in [5.74, 6) is -1.38. The first-order valence-electron chi connectivity index (χ1n) is 12.5. The van der Waals surface area contributed by atoms with Crippen molar-refractivity contribution in [2.45, 2.75) is 6.92 Å². The monoisotopic (exact) mass is 563 g/mol. The molecule has 2 aromatic heterocycles. The van der Waals surface area contributed by atoms with Gasteiger partial charge in [0.25, 0.3) is 5.56 Å². The molecule has 0 spiro atoms. The number of hydrogen-bond donors (Lipinski definition) is 3. The molecule has 1 fully saturated rings. The first-order valence-corrected chi connectivity index (χ1v) is 13.2. The van der Waals surface area contributed by atoms with Gasteiger partial charge in [0.15, 0.2) is 23.1 Å². The number of piperazine rings is 1. The molecule has 40 heavy (non-hydrogen) atoms. The van der Waals surface area contributed by atoms with E-state index in [4.69, 9.17) is 4.74 Å². The third kappa shape index (κ3) is 5.34. The van der Waals surface area contributed by atoms with Gasteiger partial charge < -0.3 is 24.8 Å². The van der Waals surface area contributed by atoms with E-state index >= 15 is 0 Å². The van der Waals surface area contributed by atoms with Crippen LogP contribution in [0.5, 0.6) is 17.2 Å². The van der Waals surface area contributed by atoms with E-state index in [-0.39, 0.29) is 28.0 Å². The third-order valence-electron chi connectivity index (χ3n) is 6.36. The molecule has 2 aromatic carbocycles. The van der Waals surface area contributed by atoms with Crippen LogP contribution in [-0.4, -0.2) is 68.7 Å². The van der Waals surface area contributed by atoms with Gasteiger partial charge in [0.2, 0.25) is 5.95 Å². The number of benzene rings is 2. The molecule has 0 saturated carbocycles. The number of aromatic nitrogens is 4. The number of aromatic hydroxyl groups is 1. The summed E-state index contributed by atoms with van der Waals surface area (Å²) < 4.78 is 26.6. The molecule has 0 atom stereocenters. The van der Waals surface area contributed by atoms with E-state index < -0.39 is 17.1 Å². The fourth-order valence-electron chi connectivity index (χ4n) is 4.06. The summed E-state index contributed by atoms with van der Waals surface area (Å²) in [6.45, 7) is 5.90. The number of phenolic OH excluding ortho intramolecular Hbond substituents is 1. The maximum Gasteiger partial charge on any atom is 0.269 e. The highest BCUT2D eigenvalue weighted by atomic mass is 32.2. The van der Waals surface area contributed by atoms with Crippen molar-refractivity contribution in [2.24, 2.45) is 0 Å². The summed E-state index contributed by atoms with van der Waals surface area (Å²) >= 11 is 1.23. The van der Waals surface area contributed by atoms with Crippen molar-refractivity contribution in [3.63, 3.8) is 0 Å². The van der Waals surface area contributed by atoms with Crippen LogP contribution in [0.25, 0.3) is 16.6 Å². The molecule has 1 aliphatic heterocycles. The van der Waals surface area contributed by atoms with Gasteiger partial charge in [-0.3, -0.25) is 9.36 Å². The molecule has 0 radical (unpaired) electrons. The SMILES string of the molecule is CCN(C)SNc1ccc(F)c(Oc2ccc3ncn(-c4cnc(N5CCNCC5)nc4)c(=O)c3c2O)c1C#N. The Labute approximate surface area is 233 Å². The number of ether oxygens (including phenoxy) is 1. The minimum atomic E-state index is -0.805. The molecule has 12 nitrogen and oxygen atoms in total. The third-order valence-corrected chi connectivity index (χ3v) is 7.24. The molecular weight excluding hydrogens is 537 g/mol. The number of phenols is 1. The molecule has 4 aromatic rings. The average Bonchev–Trinajstić information content (AvgIpc) is 2.99. The Morgan fingerprint density at radius 3 is 2.67 bits per heavy atom. The van der Waals surface area contributed by atoms with Gasteiger partial charge in [-0.1, -0.05) is 6.92 Å². The van der Waals surface area contributed by atoms with E-state index in [2.05, 4.69) is 25.0 Å². The van der Waals surface area contributed by atoms with Gasteiger partial charge in [-0.05, 0) is 31.3 Å². The van der Waals surface area contributed by atoms with Crippen molar-refractivity contribution in [1.82, 2.24) is 29.1 Å². The lowest BCUT2D eigenvalue weighted by Gasteiger charge is -2.27. The van der Waals surface area contributed by atoms with E-state index in [1.807, 2.05) is 29.2 Å². The van der Waals surface area contributed by atoms with Gasteiger partial charge in [0.1, 0.15) is 23.3 Å². The van der Waals surface area contributed by atoms with Crippen molar-refractivity contribution in [3.8, 4) is 29.0 Å². The average molecular weight is 564 g/mol. The minimum absolute atomic E-state index is 0.0955. The standard InChI is InChI=1S/C26H26FN9O3S/c1-3-34(2)40-33-19-5-4-18(27)24(17(19)12-28)39-21-7-6-20-22(23(21)37)25(38)36(15-32-20)16-13-30-26(31-14-16)35-10-8-29-9-11-35/h4-7,13-15,29,33,37H,3,8-11H2,1-2H3. The van der Waals surface area contributed by atoms with Gasteiger partial charge in [0, 0.05) is 44.9 Å². The second-order valence-electron chi connectivity index (χ2n) is 8.85. The number of anilines is 2. The van der Waals surface area contributed by atoms with Crippen LogP contribution in [0.2, 0.25) is 0 Å². The Morgan fingerprint density at radius 2 is 1.98 bits per heavy atom. The number of rotatable bonds is 8. The molecule has 1 saturated heterocycles. The van der Waals surface area contributed by atoms with Crippen LogP contribution in [0.4, 0.5) is 16.0 Å². The Morgan fingerprint density at radius 1 is 1.23 bits per heavy atom. The van der Waals surface area contributed by atoms with Crippen LogP contribution in [0, 0.1) is 17.1 Å². The van der Waals surface area contributed by atoms with Crippen molar-refractivity contribution < 1.29 is 14.2 Å². The Bertz CT molecular complexity index is 1640. The van der Waals surface area contributed by atoms with Crippen LogP contribution >= 0.6 is 12.1 Å². The van der Waals surface area contributed by atoms with Gasteiger partial charge in [0.05, 0.1) is 29.3 Å². The highest BCUT2D eigenvalue weighted by molar-refractivity contribution is 7.98.